The van der Waals surface area contributed by atoms with Crippen molar-refractivity contribution in [3.8, 4) is 0 Å². The number of benzene rings is 1. The Bertz CT molecular complexity index is 538. The molecule has 0 aliphatic carbocycles. The number of hydrogen-bond donors (Lipinski definition) is 4. The van der Waals surface area contributed by atoms with E-state index in [2.05, 4.69) is 15.5 Å². The summed E-state index contributed by atoms with van der Waals surface area (Å²) in [5.41, 5.74) is 7.27. The first-order valence-corrected chi connectivity index (χ1v) is 5.78. The summed E-state index contributed by atoms with van der Waals surface area (Å²) in [6.07, 6.45) is 0.619. The molecule has 0 saturated heterocycles. The molecule has 0 radical (unpaired) electrons. The molecule has 6 nitrogen and oxygen atoms in total. The number of carbonyl (C=O) groups excluding carboxylic acids is 1. The first-order chi connectivity index (χ1) is 8.72. The van der Waals surface area contributed by atoms with Gasteiger partial charge in [-0.15, -0.1) is 0 Å². The number of hydrogen-bond acceptors (Lipinski definition) is 4. The Morgan fingerprint density at radius 2 is 2.28 bits per heavy atom. The molecule has 6 heteroatoms. The molecule has 0 bridgehead atoms. The summed E-state index contributed by atoms with van der Waals surface area (Å²) >= 11 is 0. The fourth-order valence-electron chi connectivity index (χ4n) is 1.73. The minimum absolute atomic E-state index is 0.350. The van der Waals surface area contributed by atoms with Crippen molar-refractivity contribution in [1.82, 2.24) is 15.5 Å². The monoisotopic (exact) mass is 248 g/mol. The molecular formula is C12H16N4O2. The number of fused-ring (bicyclic) bond motifs is 1. The molecule has 0 aliphatic heterocycles. The summed E-state index contributed by atoms with van der Waals surface area (Å²) in [6.45, 7) is 0.0958. The first-order valence-electron chi connectivity index (χ1n) is 5.78. The van der Waals surface area contributed by atoms with E-state index in [0.29, 0.717) is 13.0 Å². The van der Waals surface area contributed by atoms with Crippen LogP contribution in [-0.4, -0.2) is 40.4 Å². The molecule has 5 N–H and O–H groups in total. The number of aliphatic hydroxyl groups is 1. The highest BCUT2D eigenvalue weighted by Crippen LogP contribution is 2.14. The van der Waals surface area contributed by atoms with Crippen LogP contribution in [0.3, 0.4) is 0 Å². The largest absolute Gasteiger partial charge is 0.394 e. The minimum Gasteiger partial charge on any atom is -0.394 e. The lowest BCUT2D eigenvalue weighted by Crippen LogP contribution is -2.43. The van der Waals surface area contributed by atoms with Gasteiger partial charge in [0.2, 0.25) is 5.91 Å². The predicted molar refractivity (Wildman–Crippen MR) is 67.9 cm³/mol. The number of para-hydroxylation sites is 1. The molecular weight excluding hydrogens is 232 g/mol. The number of nitrogens with zero attached hydrogens (tertiary/aromatic N) is 1. The standard InChI is InChI=1S/C12H16N4O2/c13-9(7-17)12(18)14-6-5-11-8-3-1-2-4-10(8)15-16-11/h1-4,9,17H,5-7,13H2,(H,14,18)(H,15,16)/t9-/m0/s1. The number of aromatic nitrogens is 2. The quantitative estimate of drug-likeness (QED) is 0.575. The first kappa shape index (κ1) is 12.5. The van der Waals surface area contributed by atoms with E-state index in [1.807, 2.05) is 24.3 Å². The van der Waals surface area contributed by atoms with Crippen LogP contribution in [0.4, 0.5) is 0 Å². The molecule has 0 saturated carbocycles. The Labute approximate surface area is 104 Å². The van der Waals surface area contributed by atoms with Crippen LogP contribution >= 0.6 is 0 Å². The molecule has 0 aliphatic rings. The average Bonchev–Trinajstić information content (AvgIpc) is 2.81. The zero-order chi connectivity index (χ0) is 13.0. The maximum absolute atomic E-state index is 11.3. The number of aromatic amines is 1. The van der Waals surface area contributed by atoms with Gasteiger partial charge in [0.15, 0.2) is 0 Å². The van der Waals surface area contributed by atoms with E-state index in [4.69, 9.17) is 10.8 Å². The summed E-state index contributed by atoms with van der Waals surface area (Å²) in [5, 5.41) is 19.6. The molecule has 1 amide bonds. The lowest BCUT2D eigenvalue weighted by Gasteiger charge is -2.08. The minimum atomic E-state index is -0.860. The summed E-state index contributed by atoms with van der Waals surface area (Å²) in [7, 11) is 0. The van der Waals surface area contributed by atoms with Crippen molar-refractivity contribution in [3.63, 3.8) is 0 Å². The zero-order valence-electron chi connectivity index (χ0n) is 9.89. The van der Waals surface area contributed by atoms with Gasteiger partial charge in [0.25, 0.3) is 0 Å². The van der Waals surface area contributed by atoms with Gasteiger partial charge in [-0.3, -0.25) is 9.89 Å². The van der Waals surface area contributed by atoms with Crippen molar-refractivity contribution in [2.24, 2.45) is 5.73 Å². The highest BCUT2D eigenvalue weighted by molar-refractivity contribution is 5.82. The van der Waals surface area contributed by atoms with Crippen LogP contribution in [0, 0.1) is 0 Å². The average molecular weight is 248 g/mol. The number of nitrogens with one attached hydrogen (secondary N) is 2. The Morgan fingerprint density at radius 3 is 3.06 bits per heavy atom. The highest BCUT2D eigenvalue weighted by Gasteiger charge is 2.11. The molecule has 18 heavy (non-hydrogen) atoms. The Hall–Kier alpha value is -1.92. The number of rotatable bonds is 5. The maximum Gasteiger partial charge on any atom is 0.239 e. The molecule has 2 aromatic rings. The van der Waals surface area contributed by atoms with Gasteiger partial charge in [-0.05, 0) is 6.07 Å². The lowest BCUT2D eigenvalue weighted by molar-refractivity contribution is -0.123. The van der Waals surface area contributed by atoms with Gasteiger partial charge in [0, 0.05) is 18.4 Å². The third-order valence-corrected chi connectivity index (χ3v) is 2.74. The second kappa shape index (κ2) is 5.61. The van der Waals surface area contributed by atoms with E-state index >= 15 is 0 Å². The molecule has 96 valence electrons. The van der Waals surface area contributed by atoms with E-state index in [1.165, 1.54) is 0 Å². The number of aliphatic hydroxyl groups excluding tert-OH is 1. The predicted octanol–water partition coefficient (Wildman–Crippen LogP) is -0.459. The van der Waals surface area contributed by atoms with Crippen LogP contribution in [0.5, 0.6) is 0 Å². The van der Waals surface area contributed by atoms with Gasteiger partial charge >= 0.3 is 0 Å². The molecule has 0 unspecified atom stereocenters. The lowest BCUT2D eigenvalue weighted by atomic mass is 10.1. The third kappa shape index (κ3) is 2.66. The topological polar surface area (TPSA) is 104 Å². The zero-order valence-corrected chi connectivity index (χ0v) is 9.89. The summed E-state index contributed by atoms with van der Waals surface area (Å²) < 4.78 is 0. The van der Waals surface area contributed by atoms with Crippen LogP contribution in [0.1, 0.15) is 5.69 Å². The van der Waals surface area contributed by atoms with Crippen molar-refractivity contribution in [2.75, 3.05) is 13.2 Å². The fourth-order valence-corrected chi connectivity index (χ4v) is 1.73. The van der Waals surface area contributed by atoms with Crippen molar-refractivity contribution in [3.05, 3.63) is 30.0 Å². The molecule has 2 rings (SSSR count). The van der Waals surface area contributed by atoms with Crippen molar-refractivity contribution in [1.29, 1.82) is 0 Å². The SMILES string of the molecule is N[C@@H](CO)C(=O)NCCc1n[nH]c2ccccc12. The molecule has 0 spiro atoms. The van der Waals surface area contributed by atoms with E-state index in [1.54, 1.807) is 0 Å². The van der Waals surface area contributed by atoms with Gasteiger partial charge in [0.05, 0.1) is 17.8 Å². The molecule has 1 aromatic carbocycles. The van der Waals surface area contributed by atoms with E-state index < -0.39 is 6.04 Å². The molecule has 1 heterocycles. The van der Waals surface area contributed by atoms with Gasteiger partial charge in [-0.1, -0.05) is 18.2 Å². The number of amides is 1. The van der Waals surface area contributed by atoms with Crippen LogP contribution in [0.2, 0.25) is 0 Å². The van der Waals surface area contributed by atoms with Crippen LogP contribution < -0.4 is 11.1 Å². The smallest absolute Gasteiger partial charge is 0.239 e. The van der Waals surface area contributed by atoms with E-state index in [-0.39, 0.29) is 12.5 Å². The van der Waals surface area contributed by atoms with Gasteiger partial charge in [0.1, 0.15) is 6.04 Å². The van der Waals surface area contributed by atoms with Crippen LogP contribution in [-0.2, 0) is 11.2 Å². The van der Waals surface area contributed by atoms with Gasteiger partial charge in [-0.25, -0.2) is 0 Å². The van der Waals surface area contributed by atoms with Crippen LogP contribution in [0.15, 0.2) is 24.3 Å². The van der Waals surface area contributed by atoms with Gasteiger partial charge in [-0.2, -0.15) is 5.10 Å². The molecule has 1 aromatic heterocycles. The van der Waals surface area contributed by atoms with Crippen molar-refractivity contribution in [2.45, 2.75) is 12.5 Å². The molecule has 0 fully saturated rings. The maximum atomic E-state index is 11.3. The van der Waals surface area contributed by atoms with Crippen molar-refractivity contribution < 1.29 is 9.90 Å². The summed E-state index contributed by atoms with van der Waals surface area (Å²) in [6, 6.07) is 6.95. The summed E-state index contributed by atoms with van der Waals surface area (Å²) in [4.78, 5) is 11.3. The number of nitrogens with two attached hydrogens (primary N) is 1. The second-order valence-corrected chi connectivity index (χ2v) is 4.05. The summed E-state index contributed by atoms with van der Waals surface area (Å²) in [5.74, 6) is -0.350. The Kier molecular flexibility index (Phi) is 3.91. The van der Waals surface area contributed by atoms with Crippen molar-refractivity contribution >= 4 is 16.8 Å². The molecule has 1 atom stereocenters. The highest BCUT2D eigenvalue weighted by atomic mass is 16.3. The number of H-pyrrole nitrogens is 1. The van der Waals surface area contributed by atoms with Crippen LogP contribution in [0.25, 0.3) is 10.9 Å². The Balaban J connectivity index is 1.93. The normalized spacial score (nSPS) is 12.6. The fraction of sp³-hybridized carbons (Fsp3) is 0.333. The Morgan fingerprint density at radius 1 is 1.50 bits per heavy atom. The van der Waals surface area contributed by atoms with Gasteiger partial charge < -0.3 is 16.2 Å². The second-order valence-electron chi connectivity index (χ2n) is 4.05. The van der Waals surface area contributed by atoms with E-state index in [9.17, 15) is 4.79 Å². The number of carbonyl (C=O) groups is 1. The van der Waals surface area contributed by atoms with E-state index in [0.717, 1.165) is 16.6 Å². The third-order valence-electron chi connectivity index (χ3n) is 2.74.